The molecule has 1 atom stereocenters. The molecule has 1 saturated heterocycles. The molecule has 0 spiro atoms. The maximum atomic E-state index is 5.22. The Morgan fingerprint density at radius 1 is 1.53 bits per heavy atom. The predicted molar refractivity (Wildman–Crippen MR) is 78.7 cm³/mol. The fourth-order valence-electron chi connectivity index (χ4n) is 2.64. The Kier molecular flexibility index (Phi) is 4.03. The second-order valence-electron chi connectivity index (χ2n) is 4.87. The third-order valence-corrected chi connectivity index (χ3v) is 4.79. The van der Waals surface area contributed by atoms with Crippen molar-refractivity contribution in [1.29, 1.82) is 0 Å². The average molecular weight is 277 g/mol. The van der Waals surface area contributed by atoms with Crippen LogP contribution in [0.15, 0.2) is 18.3 Å². The quantitative estimate of drug-likeness (QED) is 0.861. The number of hydrogen-bond donors (Lipinski definition) is 0. The molecule has 0 N–H and O–H groups in total. The van der Waals surface area contributed by atoms with Crippen molar-refractivity contribution in [2.75, 3.05) is 25.2 Å². The summed E-state index contributed by atoms with van der Waals surface area (Å²) in [6.07, 6.45) is 4.37. The number of methoxy groups -OCH3 is 1. The Labute approximate surface area is 117 Å². The monoisotopic (exact) mass is 277 g/mol. The third-order valence-electron chi connectivity index (χ3n) is 3.58. The molecule has 0 aromatic carbocycles. The molecule has 3 rings (SSSR count). The lowest BCUT2D eigenvalue weighted by atomic mass is 10.0. The highest BCUT2D eigenvalue weighted by molar-refractivity contribution is 7.99. The number of imidazole rings is 1. The van der Waals surface area contributed by atoms with E-state index in [4.69, 9.17) is 9.72 Å². The number of thioether (sulfide) groups is 1. The highest BCUT2D eigenvalue weighted by Gasteiger charge is 2.22. The van der Waals surface area contributed by atoms with E-state index in [1.54, 1.807) is 7.11 Å². The standard InChI is InChI=1S/C14H19N3OS/c1-18-8-7-17-13(11-4-3-9-19-10-11)16-12-5-2-6-15-14(12)17/h2,5-6,11H,3-4,7-10H2,1H3. The summed E-state index contributed by atoms with van der Waals surface area (Å²) < 4.78 is 7.47. The molecule has 1 aliphatic heterocycles. The van der Waals surface area contributed by atoms with E-state index >= 15 is 0 Å². The van der Waals surface area contributed by atoms with Crippen LogP contribution in [0.5, 0.6) is 0 Å². The van der Waals surface area contributed by atoms with Crippen molar-refractivity contribution in [2.45, 2.75) is 25.3 Å². The number of fused-ring (bicyclic) bond motifs is 1. The van der Waals surface area contributed by atoms with Crippen LogP contribution >= 0.6 is 11.8 Å². The molecule has 0 amide bonds. The number of rotatable bonds is 4. The highest BCUT2D eigenvalue weighted by atomic mass is 32.2. The second kappa shape index (κ2) is 5.92. The van der Waals surface area contributed by atoms with Crippen LogP contribution in [0.3, 0.4) is 0 Å². The van der Waals surface area contributed by atoms with Gasteiger partial charge in [0.05, 0.1) is 6.61 Å². The molecule has 0 saturated carbocycles. The van der Waals surface area contributed by atoms with E-state index in [-0.39, 0.29) is 0 Å². The van der Waals surface area contributed by atoms with Gasteiger partial charge in [0.2, 0.25) is 0 Å². The van der Waals surface area contributed by atoms with Gasteiger partial charge in [-0.3, -0.25) is 0 Å². The van der Waals surface area contributed by atoms with Crippen molar-refractivity contribution >= 4 is 22.9 Å². The van der Waals surface area contributed by atoms with Crippen molar-refractivity contribution < 1.29 is 4.74 Å². The summed E-state index contributed by atoms with van der Waals surface area (Å²) in [5.74, 6) is 4.21. The first-order valence-electron chi connectivity index (χ1n) is 6.78. The maximum Gasteiger partial charge on any atom is 0.160 e. The molecule has 1 unspecified atom stereocenters. The predicted octanol–water partition coefficient (Wildman–Crippen LogP) is 2.69. The number of ether oxygens (including phenoxy) is 1. The highest BCUT2D eigenvalue weighted by Crippen LogP contribution is 2.32. The third kappa shape index (κ3) is 2.62. The molecule has 2 aromatic rings. The zero-order valence-corrected chi connectivity index (χ0v) is 12.0. The molecule has 0 radical (unpaired) electrons. The SMILES string of the molecule is COCCn1c(C2CCCSC2)nc2cccnc21. The molecule has 0 aliphatic carbocycles. The van der Waals surface area contributed by atoms with Gasteiger partial charge in [-0.05, 0) is 30.7 Å². The molecule has 2 aromatic heterocycles. The minimum Gasteiger partial charge on any atom is -0.383 e. The van der Waals surface area contributed by atoms with E-state index in [2.05, 4.69) is 9.55 Å². The van der Waals surface area contributed by atoms with Crippen molar-refractivity contribution in [1.82, 2.24) is 14.5 Å². The zero-order valence-electron chi connectivity index (χ0n) is 11.2. The summed E-state index contributed by atoms with van der Waals surface area (Å²) in [5, 5.41) is 0. The normalized spacial score (nSPS) is 19.9. The van der Waals surface area contributed by atoms with Gasteiger partial charge in [0.15, 0.2) is 5.65 Å². The van der Waals surface area contributed by atoms with Crippen LogP contribution in [0.2, 0.25) is 0 Å². The Morgan fingerprint density at radius 3 is 3.26 bits per heavy atom. The maximum absolute atomic E-state index is 5.22. The van der Waals surface area contributed by atoms with E-state index in [0.717, 1.165) is 17.7 Å². The lowest BCUT2D eigenvalue weighted by Gasteiger charge is -2.21. The molecule has 3 heterocycles. The Morgan fingerprint density at radius 2 is 2.47 bits per heavy atom. The number of pyridine rings is 1. The zero-order chi connectivity index (χ0) is 13.1. The molecule has 102 valence electrons. The molecule has 4 nitrogen and oxygen atoms in total. The van der Waals surface area contributed by atoms with E-state index in [9.17, 15) is 0 Å². The average Bonchev–Trinajstić information content (AvgIpc) is 2.85. The fraction of sp³-hybridized carbons (Fsp3) is 0.571. The number of nitrogens with zero attached hydrogens (tertiary/aromatic N) is 3. The van der Waals surface area contributed by atoms with Gasteiger partial charge in [-0.25, -0.2) is 9.97 Å². The minimum atomic E-state index is 0.560. The van der Waals surface area contributed by atoms with Crippen molar-refractivity contribution in [3.63, 3.8) is 0 Å². The molecule has 5 heteroatoms. The van der Waals surface area contributed by atoms with E-state index in [1.165, 1.54) is 30.2 Å². The topological polar surface area (TPSA) is 39.9 Å². The van der Waals surface area contributed by atoms with E-state index in [1.807, 2.05) is 30.1 Å². The Bertz CT molecular complexity index is 549. The molecular weight excluding hydrogens is 258 g/mol. The fourth-order valence-corrected chi connectivity index (χ4v) is 3.77. The molecule has 0 bridgehead atoms. The van der Waals surface area contributed by atoms with Gasteiger partial charge >= 0.3 is 0 Å². The Hall–Kier alpha value is -1.07. The first kappa shape index (κ1) is 12.9. The lowest BCUT2D eigenvalue weighted by Crippen LogP contribution is -2.16. The first-order valence-corrected chi connectivity index (χ1v) is 7.93. The van der Waals surface area contributed by atoms with Crippen LogP contribution in [-0.4, -0.2) is 39.8 Å². The summed E-state index contributed by atoms with van der Waals surface area (Å²) in [4.78, 5) is 9.31. The minimum absolute atomic E-state index is 0.560. The smallest absolute Gasteiger partial charge is 0.160 e. The van der Waals surface area contributed by atoms with Gasteiger partial charge in [0, 0.05) is 31.5 Å². The van der Waals surface area contributed by atoms with Crippen LogP contribution in [0.4, 0.5) is 0 Å². The van der Waals surface area contributed by atoms with Gasteiger partial charge in [-0.2, -0.15) is 11.8 Å². The van der Waals surface area contributed by atoms with Crippen LogP contribution in [0, 0.1) is 0 Å². The summed E-state index contributed by atoms with van der Waals surface area (Å²) >= 11 is 2.04. The van der Waals surface area contributed by atoms with Gasteiger partial charge in [0.25, 0.3) is 0 Å². The van der Waals surface area contributed by atoms with Gasteiger partial charge < -0.3 is 9.30 Å². The number of aromatic nitrogens is 3. The van der Waals surface area contributed by atoms with Crippen LogP contribution < -0.4 is 0 Å². The molecule has 1 fully saturated rings. The lowest BCUT2D eigenvalue weighted by molar-refractivity contribution is 0.187. The van der Waals surface area contributed by atoms with Crippen molar-refractivity contribution in [3.05, 3.63) is 24.2 Å². The van der Waals surface area contributed by atoms with Crippen LogP contribution in [0.1, 0.15) is 24.6 Å². The summed E-state index contributed by atoms with van der Waals surface area (Å²) in [7, 11) is 1.74. The molecule has 1 aliphatic rings. The Balaban J connectivity index is 2.00. The van der Waals surface area contributed by atoms with Crippen molar-refractivity contribution in [2.24, 2.45) is 0 Å². The van der Waals surface area contributed by atoms with Crippen molar-refractivity contribution in [3.8, 4) is 0 Å². The first-order chi connectivity index (χ1) is 9.40. The largest absolute Gasteiger partial charge is 0.383 e. The van der Waals surface area contributed by atoms with Gasteiger partial charge in [-0.1, -0.05) is 0 Å². The second-order valence-corrected chi connectivity index (χ2v) is 6.02. The van der Waals surface area contributed by atoms with Crippen LogP contribution in [0.25, 0.3) is 11.2 Å². The van der Waals surface area contributed by atoms with E-state index in [0.29, 0.717) is 12.5 Å². The van der Waals surface area contributed by atoms with E-state index < -0.39 is 0 Å². The summed E-state index contributed by atoms with van der Waals surface area (Å²) in [6.45, 7) is 1.54. The molecular formula is C14H19N3OS. The molecule has 19 heavy (non-hydrogen) atoms. The summed E-state index contributed by atoms with van der Waals surface area (Å²) in [6, 6.07) is 4.00. The van der Waals surface area contributed by atoms with Crippen LogP contribution in [-0.2, 0) is 11.3 Å². The summed E-state index contributed by atoms with van der Waals surface area (Å²) in [5.41, 5.74) is 1.99. The van der Waals surface area contributed by atoms with Gasteiger partial charge in [-0.15, -0.1) is 0 Å². The number of hydrogen-bond acceptors (Lipinski definition) is 4. The van der Waals surface area contributed by atoms with Gasteiger partial charge in [0.1, 0.15) is 11.3 Å².